The van der Waals surface area contributed by atoms with Crippen LogP contribution >= 0.6 is 11.3 Å². The molecule has 2 aromatic rings. The summed E-state index contributed by atoms with van der Waals surface area (Å²) in [6, 6.07) is 0.474. The summed E-state index contributed by atoms with van der Waals surface area (Å²) in [5.41, 5.74) is 1.04. The van der Waals surface area contributed by atoms with Crippen molar-refractivity contribution in [3.63, 3.8) is 0 Å². The fourth-order valence-electron chi connectivity index (χ4n) is 1.47. The summed E-state index contributed by atoms with van der Waals surface area (Å²) in [5, 5.41) is 14.1. The van der Waals surface area contributed by atoms with Gasteiger partial charge in [0.1, 0.15) is 5.01 Å². The van der Waals surface area contributed by atoms with Gasteiger partial charge < -0.3 is 9.73 Å². The third-order valence-electron chi connectivity index (χ3n) is 2.46. The molecule has 1 N–H and O–H groups in total. The van der Waals surface area contributed by atoms with Crippen molar-refractivity contribution in [2.24, 2.45) is 5.92 Å². The minimum Gasteiger partial charge on any atom is -0.408 e. The standard InChI is InChI=1S/C12H18N4OS/c1-8(2)4-5-10-15-16-12(17-10)13-6-11-14-9(3)7-18-11/h7-8H,4-6H2,1-3H3,(H,13,16). The van der Waals surface area contributed by atoms with Crippen molar-refractivity contribution in [1.29, 1.82) is 0 Å². The molecule has 0 bridgehead atoms. The number of hydrogen-bond acceptors (Lipinski definition) is 6. The number of nitrogens with one attached hydrogen (secondary N) is 1. The summed E-state index contributed by atoms with van der Waals surface area (Å²) in [5.74, 6) is 1.34. The molecule has 0 unspecified atom stereocenters. The van der Waals surface area contributed by atoms with Gasteiger partial charge in [0, 0.05) is 17.5 Å². The SMILES string of the molecule is Cc1csc(CNc2nnc(CCC(C)C)o2)n1. The number of nitrogens with zero attached hydrogens (tertiary/aromatic N) is 3. The van der Waals surface area contributed by atoms with Crippen molar-refractivity contribution in [3.05, 3.63) is 22.0 Å². The molecule has 18 heavy (non-hydrogen) atoms. The van der Waals surface area contributed by atoms with Crippen LogP contribution in [0.4, 0.5) is 6.01 Å². The fourth-order valence-corrected chi connectivity index (χ4v) is 2.18. The van der Waals surface area contributed by atoms with Gasteiger partial charge in [-0.25, -0.2) is 4.98 Å². The second-order valence-corrected chi connectivity index (χ2v) is 5.61. The topological polar surface area (TPSA) is 63.8 Å². The van der Waals surface area contributed by atoms with E-state index in [9.17, 15) is 0 Å². The lowest BCUT2D eigenvalue weighted by Crippen LogP contribution is -1.99. The summed E-state index contributed by atoms with van der Waals surface area (Å²) < 4.78 is 5.51. The van der Waals surface area contributed by atoms with Crippen LogP contribution in [-0.2, 0) is 13.0 Å². The summed E-state index contributed by atoms with van der Waals surface area (Å²) in [6.45, 7) is 6.97. The minimum absolute atomic E-state index is 0.474. The second kappa shape index (κ2) is 5.95. The van der Waals surface area contributed by atoms with E-state index in [0.29, 0.717) is 24.4 Å². The third kappa shape index (κ3) is 3.80. The molecular formula is C12H18N4OS. The molecule has 0 aliphatic heterocycles. The summed E-state index contributed by atoms with van der Waals surface area (Å²) in [6.07, 6.45) is 1.90. The number of rotatable bonds is 6. The van der Waals surface area contributed by atoms with Crippen LogP contribution in [0.2, 0.25) is 0 Å². The maximum Gasteiger partial charge on any atom is 0.315 e. The first-order valence-electron chi connectivity index (χ1n) is 6.10. The Bertz CT molecular complexity index is 492. The summed E-state index contributed by atoms with van der Waals surface area (Å²) in [7, 11) is 0. The Morgan fingerprint density at radius 3 is 2.89 bits per heavy atom. The van der Waals surface area contributed by atoms with E-state index in [2.05, 4.69) is 34.3 Å². The van der Waals surface area contributed by atoms with Crippen LogP contribution in [0.5, 0.6) is 0 Å². The average Bonchev–Trinajstić information content (AvgIpc) is 2.93. The van der Waals surface area contributed by atoms with Gasteiger partial charge in [-0.2, -0.15) is 0 Å². The highest BCUT2D eigenvalue weighted by Gasteiger charge is 2.07. The molecule has 0 fully saturated rings. The number of thiazole rings is 1. The van der Waals surface area contributed by atoms with Crippen molar-refractivity contribution in [2.75, 3.05) is 5.32 Å². The lowest BCUT2D eigenvalue weighted by atomic mass is 10.1. The average molecular weight is 266 g/mol. The zero-order chi connectivity index (χ0) is 13.0. The molecule has 0 saturated heterocycles. The number of hydrogen-bond donors (Lipinski definition) is 1. The van der Waals surface area contributed by atoms with Gasteiger partial charge >= 0.3 is 6.01 Å². The highest BCUT2D eigenvalue weighted by Crippen LogP contribution is 2.13. The molecule has 0 aromatic carbocycles. The van der Waals surface area contributed by atoms with Crippen LogP contribution < -0.4 is 5.32 Å². The van der Waals surface area contributed by atoms with Crippen LogP contribution in [0.1, 0.15) is 36.9 Å². The van der Waals surface area contributed by atoms with Gasteiger partial charge in [-0.3, -0.25) is 0 Å². The van der Waals surface area contributed by atoms with Gasteiger partial charge in [0.2, 0.25) is 5.89 Å². The fraction of sp³-hybridized carbons (Fsp3) is 0.583. The molecule has 0 aliphatic rings. The Morgan fingerprint density at radius 2 is 2.22 bits per heavy atom. The molecule has 0 saturated carbocycles. The van der Waals surface area contributed by atoms with Crippen molar-refractivity contribution in [1.82, 2.24) is 15.2 Å². The Hall–Kier alpha value is -1.43. The first-order valence-corrected chi connectivity index (χ1v) is 6.98. The molecule has 6 heteroatoms. The molecule has 2 rings (SSSR count). The molecule has 98 valence electrons. The Labute approximate surface area is 111 Å². The van der Waals surface area contributed by atoms with Crippen molar-refractivity contribution in [3.8, 4) is 0 Å². The minimum atomic E-state index is 0.474. The van der Waals surface area contributed by atoms with Crippen LogP contribution in [0.15, 0.2) is 9.80 Å². The van der Waals surface area contributed by atoms with Gasteiger partial charge in [-0.15, -0.1) is 16.4 Å². The normalized spacial score (nSPS) is 11.1. The molecule has 0 amide bonds. The quantitative estimate of drug-likeness (QED) is 0.870. The Balaban J connectivity index is 1.83. The monoisotopic (exact) mass is 266 g/mol. The van der Waals surface area contributed by atoms with Crippen molar-refractivity contribution in [2.45, 2.75) is 40.2 Å². The lowest BCUT2D eigenvalue weighted by molar-refractivity contribution is 0.469. The van der Waals surface area contributed by atoms with Gasteiger partial charge in [0.25, 0.3) is 0 Å². The van der Waals surface area contributed by atoms with Gasteiger partial charge in [0.05, 0.1) is 6.54 Å². The third-order valence-corrected chi connectivity index (χ3v) is 3.43. The lowest BCUT2D eigenvalue weighted by Gasteiger charge is -1.99. The van der Waals surface area contributed by atoms with Crippen molar-refractivity contribution >= 4 is 17.4 Å². The van der Waals surface area contributed by atoms with E-state index in [-0.39, 0.29) is 0 Å². The highest BCUT2D eigenvalue weighted by atomic mass is 32.1. The van der Waals surface area contributed by atoms with Gasteiger partial charge in [0.15, 0.2) is 0 Å². The second-order valence-electron chi connectivity index (χ2n) is 4.67. The highest BCUT2D eigenvalue weighted by molar-refractivity contribution is 7.09. The van der Waals surface area contributed by atoms with E-state index in [1.807, 2.05) is 12.3 Å². The van der Waals surface area contributed by atoms with E-state index in [1.165, 1.54) is 0 Å². The predicted octanol–water partition coefficient (Wildman–Crippen LogP) is 3.04. The zero-order valence-electron chi connectivity index (χ0n) is 10.9. The van der Waals surface area contributed by atoms with Gasteiger partial charge in [-0.1, -0.05) is 18.9 Å². The van der Waals surface area contributed by atoms with Crippen LogP contribution in [0, 0.1) is 12.8 Å². The van der Waals surface area contributed by atoms with E-state index in [4.69, 9.17) is 4.42 Å². The maximum atomic E-state index is 5.51. The molecule has 0 aliphatic carbocycles. The molecule has 0 atom stereocenters. The first-order chi connectivity index (χ1) is 8.63. The summed E-state index contributed by atoms with van der Waals surface area (Å²) in [4.78, 5) is 4.36. The maximum absolute atomic E-state index is 5.51. The number of anilines is 1. The van der Waals surface area contributed by atoms with E-state index < -0.39 is 0 Å². The van der Waals surface area contributed by atoms with Crippen LogP contribution in [0.25, 0.3) is 0 Å². The van der Waals surface area contributed by atoms with E-state index in [1.54, 1.807) is 11.3 Å². The van der Waals surface area contributed by atoms with E-state index >= 15 is 0 Å². The molecule has 0 radical (unpaired) electrons. The molecule has 0 spiro atoms. The molecule has 2 heterocycles. The predicted molar refractivity (Wildman–Crippen MR) is 71.6 cm³/mol. The largest absolute Gasteiger partial charge is 0.408 e. The number of aryl methyl sites for hydroxylation is 2. The summed E-state index contributed by atoms with van der Waals surface area (Å²) >= 11 is 1.63. The first kappa shape index (κ1) is 13.0. The zero-order valence-corrected chi connectivity index (χ0v) is 11.8. The molecular weight excluding hydrogens is 248 g/mol. The van der Waals surface area contributed by atoms with Crippen LogP contribution in [-0.4, -0.2) is 15.2 Å². The Kier molecular flexibility index (Phi) is 4.30. The van der Waals surface area contributed by atoms with Gasteiger partial charge in [-0.05, 0) is 19.3 Å². The number of aromatic nitrogens is 3. The molecule has 5 nitrogen and oxygen atoms in total. The van der Waals surface area contributed by atoms with Crippen LogP contribution in [0.3, 0.4) is 0 Å². The smallest absolute Gasteiger partial charge is 0.315 e. The van der Waals surface area contributed by atoms with Crippen molar-refractivity contribution < 1.29 is 4.42 Å². The molecule has 2 aromatic heterocycles. The van der Waals surface area contributed by atoms with E-state index in [0.717, 1.165) is 23.5 Å². The Morgan fingerprint density at radius 1 is 1.39 bits per heavy atom.